The van der Waals surface area contributed by atoms with Crippen molar-refractivity contribution in [2.24, 2.45) is 0 Å². The van der Waals surface area contributed by atoms with Crippen molar-refractivity contribution in [3.05, 3.63) is 46.3 Å². The van der Waals surface area contributed by atoms with Crippen molar-refractivity contribution in [3.63, 3.8) is 0 Å². The third-order valence-corrected chi connectivity index (χ3v) is 5.21. The van der Waals surface area contributed by atoms with Gasteiger partial charge in [-0.2, -0.15) is 0 Å². The van der Waals surface area contributed by atoms with E-state index in [1.807, 2.05) is 30.6 Å². The summed E-state index contributed by atoms with van der Waals surface area (Å²) < 4.78 is 0. The minimum Gasteiger partial charge on any atom is -0.383 e. The van der Waals surface area contributed by atoms with Gasteiger partial charge in [0.15, 0.2) is 0 Å². The van der Waals surface area contributed by atoms with E-state index in [1.165, 1.54) is 12.8 Å². The maximum atomic E-state index is 10.5. The highest BCUT2D eigenvalue weighted by atomic mass is 32.1. The van der Waals surface area contributed by atoms with Crippen LogP contribution in [-0.4, -0.2) is 29.7 Å². The van der Waals surface area contributed by atoms with Gasteiger partial charge in [0, 0.05) is 37.3 Å². The molecule has 1 saturated heterocycles. The van der Waals surface area contributed by atoms with Gasteiger partial charge < -0.3 is 15.3 Å². The summed E-state index contributed by atoms with van der Waals surface area (Å²) in [5, 5.41) is 15.8. The fraction of sp³-hybridized carbons (Fsp3) is 0.471. The summed E-state index contributed by atoms with van der Waals surface area (Å²) in [6.07, 6.45) is 4.46. The van der Waals surface area contributed by atoms with Gasteiger partial charge >= 0.3 is 0 Å². The third kappa shape index (κ3) is 3.66. The number of hydrogen-bond acceptors (Lipinski definition) is 5. The number of rotatable bonds is 6. The number of pyridine rings is 1. The topological polar surface area (TPSA) is 48.4 Å². The normalized spacial score (nSPS) is 17.6. The average Bonchev–Trinajstić information content (AvgIpc) is 3.22. The van der Waals surface area contributed by atoms with E-state index in [1.54, 1.807) is 11.3 Å². The summed E-state index contributed by atoms with van der Waals surface area (Å²) in [6, 6.07) is 8.15. The Kier molecular flexibility index (Phi) is 4.76. The predicted octanol–water partition coefficient (Wildman–Crippen LogP) is 2.74. The molecule has 0 radical (unpaired) electrons. The van der Waals surface area contributed by atoms with Gasteiger partial charge in [0.1, 0.15) is 11.4 Å². The Hall–Kier alpha value is -1.43. The molecule has 0 aromatic carbocycles. The van der Waals surface area contributed by atoms with Crippen molar-refractivity contribution < 1.29 is 5.11 Å². The lowest BCUT2D eigenvalue weighted by atomic mass is 10.1. The zero-order valence-corrected chi connectivity index (χ0v) is 13.8. The first-order chi connectivity index (χ1) is 10.6. The highest BCUT2D eigenvalue weighted by molar-refractivity contribution is 7.10. The Morgan fingerprint density at radius 3 is 2.77 bits per heavy atom. The first kappa shape index (κ1) is 15.5. The molecule has 0 spiro atoms. The van der Waals surface area contributed by atoms with Gasteiger partial charge in [0.05, 0.1) is 0 Å². The molecule has 0 aliphatic carbocycles. The molecule has 4 nitrogen and oxygen atoms in total. The summed E-state index contributed by atoms with van der Waals surface area (Å²) in [5.74, 6) is 1.08. The molecule has 0 saturated carbocycles. The van der Waals surface area contributed by atoms with Crippen molar-refractivity contribution in [2.45, 2.75) is 31.9 Å². The lowest BCUT2D eigenvalue weighted by Gasteiger charge is -2.22. The standard InChI is InChI=1S/C17H23N3OS/c1-17(21,15-5-4-10-22-15)13-18-11-14-6-7-16(19-12-14)20-8-2-3-9-20/h4-7,10,12,18,21H,2-3,8-9,11,13H2,1H3. The van der Waals surface area contributed by atoms with Gasteiger partial charge in [-0.3, -0.25) is 0 Å². The lowest BCUT2D eigenvalue weighted by Crippen LogP contribution is -2.34. The van der Waals surface area contributed by atoms with E-state index >= 15 is 0 Å². The Labute approximate surface area is 135 Å². The highest BCUT2D eigenvalue weighted by Crippen LogP contribution is 2.24. The predicted molar refractivity (Wildman–Crippen MR) is 91.3 cm³/mol. The Bertz CT molecular complexity index is 574. The molecule has 1 aliphatic rings. The van der Waals surface area contributed by atoms with Gasteiger partial charge in [-0.1, -0.05) is 12.1 Å². The van der Waals surface area contributed by atoms with Crippen molar-refractivity contribution in [1.82, 2.24) is 10.3 Å². The molecule has 1 unspecified atom stereocenters. The highest BCUT2D eigenvalue weighted by Gasteiger charge is 2.23. The summed E-state index contributed by atoms with van der Waals surface area (Å²) in [5.41, 5.74) is 0.321. The second-order valence-electron chi connectivity index (χ2n) is 6.07. The fourth-order valence-corrected chi connectivity index (χ4v) is 3.56. The molecule has 1 aliphatic heterocycles. The number of aromatic nitrogens is 1. The number of hydrogen-bond donors (Lipinski definition) is 2. The van der Waals surface area contributed by atoms with E-state index in [9.17, 15) is 5.11 Å². The average molecular weight is 317 g/mol. The van der Waals surface area contributed by atoms with E-state index in [4.69, 9.17) is 0 Å². The zero-order valence-electron chi connectivity index (χ0n) is 13.0. The van der Waals surface area contributed by atoms with Crippen LogP contribution in [0, 0.1) is 0 Å². The summed E-state index contributed by atoms with van der Waals surface area (Å²) in [7, 11) is 0. The molecule has 2 N–H and O–H groups in total. The molecule has 3 heterocycles. The smallest absolute Gasteiger partial charge is 0.128 e. The summed E-state index contributed by atoms with van der Waals surface area (Å²) in [6.45, 7) is 5.33. The molecule has 118 valence electrons. The van der Waals surface area contributed by atoms with Crippen molar-refractivity contribution in [3.8, 4) is 0 Å². The van der Waals surface area contributed by atoms with E-state index < -0.39 is 5.60 Å². The molecule has 2 aromatic heterocycles. The monoisotopic (exact) mass is 317 g/mol. The van der Waals surface area contributed by atoms with E-state index in [-0.39, 0.29) is 0 Å². The van der Waals surface area contributed by atoms with Gasteiger partial charge in [0.25, 0.3) is 0 Å². The quantitative estimate of drug-likeness (QED) is 0.860. The van der Waals surface area contributed by atoms with E-state index in [0.29, 0.717) is 6.54 Å². The van der Waals surface area contributed by atoms with Crippen molar-refractivity contribution in [1.29, 1.82) is 0 Å². The van der Waals surface area contributed by atoms with Crippen LogP contribution in [0.3, 0.4) is 0 Å². The molecule has 2 aromatic rings. The number of nitrogens with zero attached hydrogens (tertiary/aromatic N) is 2. The molecule has 1 fully saturated rings. The summed E-state index contributed by atoms with van der Waals surface area (Å²) in [4.78, 5) is 7.87. The maximum absolute atomic E-state index is 10.5. The van der Waals surface area contributed by atoms with Crippen LogP contribution in [-0.2, 0) is 12.1 Å². The van der Waals surface area contributed by atoms with Crippen LogP contribution >= 0.6 is 11.3 Å². The van der Waals surface area contributed by atoms with E-state index in [0.717, 1.165) is 35.9 Å². The van der Waals surface area contributed by atoms with Gasteiger partial charge in [0.2, 0.25) is 0 Å². The lowest BCUT2D eigenvalue weighted by molar-refractivity contribution is 0.0604. The van der Waals surface area contributed by atoms with Crippen molar-refractivity contribution in [2.75, 3.05) is 24.5 Å². The number of thiophene rings is 1. The summed E-state index contributed by atoms with van der Waals surface area (Å²) >= 11 is 1.58. The molecule has 0 bridgehead atoms. The first-order valence-corrected chi connectivity index (χ1v) is 8.70. The Morgan fingerprint density at radius 1 is 1.32 bits per heavy atom. The molecular formula is C17H23N3OS. The second-order valence-corrected chi connectivity index (χ2v) is 7.02. The Morgan fingerprint density at radius 2 is 2.14 bits per heavy atom. The van der Waals surface area contributed by atoms with Crippen molar-refractivity contribution >= 4 is 17.2 Å². The van der Waals surface area contributed by atoms with Crippen LogP contribution in [0.5, 0.6) is 0 Å². The van der Waals surface area contributed by atoms with Crippen LogP contribution in [0.4, 0.5) is 5.82 Å². The molecule has 5 heteroatoms. The minimum atomic E-state index is -0.822. The fourth-order valence-electron chi connectivity index (χ4n) is 2.78. The van der Waals surface area contributed by atoms with E-state index in [2.05, 4.69) is 27.3 Å². The number of aliphatic hydroxyl groups is 1. The minimum absolute atomic E-state index is 0.529. The SMILES string of the molecule is CC(O)(CNCc1ccc(N2CCCC2)nc1)c1cccs1. The molecule has 1 atom stereocenters. The largest absolute Gasteiger partial charge is 0.383 e. The van der Waals surface area contributed by atoms with Crippen LogP contribution in [0.2, 0.25) is 0 Å². The molecule has 0 amide bonds. The second kappa shape index (κ2) is 6.77. The van der Waals surface area contributed by atoms with Gasteiger partial charge in [-0.15, -0.1) is 11.3 Å². The van der Waals surface area contributed by atoms with Crippen LogP contribution in [0.1, 0.15) is 30.2 Å². The van der Waals surface area contributed by atoms with Crippen LogP contribution < -0.4 is 10.2 Å². The first-order valence-electron chi connectivity index (χ1n) is 7.82. The van der Waals surface area contributed by atoms with Gasteiger partial charge in [-0.05, 0) is 42.8 Å². The zero-order chi connectivity index (χ0) is 15.4. The van der Waals surface area contributed by atoms with Crippen LogP contribution in [0.25, 0.3) is 0 Å². The number of nitrogens with one attached hydrogen (secondary N) is 1. The number of anilines is 1. The van der Waals surface area contributed by atoms with Crippen LogP contribution in [0.15, 0.2) is 35.8 Å². The maximum Gasteiger partial charge on any atom is 0.128 e. The molecular weight excluding hydrogens is 294 g/mol. The Balaban J connectivity index is 1.51. The third-order valence-electron chi connectivity index (χ3n) is 4.09. The molecule has 22 heavy (non-hydrogen) atoms. The van der Waals surface area contributed by atoms with Gasteiger partial charge in [-0.25, -0.2) is 4.98 Å². The molecule has 3 rings (SSSR count).